The first-order valence-electron chi connectivity index (χ1n) is 8.08. The maximum atomic E-state index is 12.3. The second kappa shape index (κ2) is 7.17. The molecule has 0 fully saturated rings. The molecule has 1 amide bonds. The lowest BCUT2D eigenvalue weighted by molar-refractivity contribution is -0.882. The van der Waals surface area contributed by atoms with Crippen molar-refractivity contribution in [1.82, 2.24) is 0 Å². The Morgan fingerprint density at radius 3 is 2.48 bits per heavy atom. The van der Waals surface area contributed by atoms with Crippen LogP contribution in [0.4, 0.5) is 5.69 Å². The fraction of sp³-hybridized carbons (Fsp3) is 0.158. The molecule has 8 heteroatoms. The molecule has 27 heavy (non-hydrogen) atoms. The smallest absolute Gasteiger partial charge is 0.307 e. The summed E-state index contributed by atoms with van der Waals surface area (Å²) in [7, 11) is -3.51. The third kappa shape index (κ3) is 3.89. The number of halogens is 1. The van der Waals surface area contributed by atoms with Crippen LogP contribution in [0.3, 0.4) is 0 Å². The number of para-hydroxylation sites is 1. The van der Waals surface area contributed by atoms with E-state index in [0.29, 0.717) is 16.8 Å². The summed E-state index contributed by atoms with van der Waals surface area (Å²) in [6.45, 7) is 1.52. The van der Waals surface area contributed by atoms with E-state index < -0.39 is 9.84 Å². The van der Waals surface area contributed by atoms with Crippen LogP contribution in [0.5, 0.6) is 0 Å². The summed E-state index contributed by atoms with van der Waals surface area (Å²) in [5.41, 5.74) is 1.52. The highest BCUT2D eigenvalue weighted by Gasteiger charge is 2.22. The van der Waals surface area contributed by atoms with Crippen molar-refractivity contribution in [3.05, 3.63) is 65.3 Å². The maximum absolute atomic E-state index is 12.3. The second-order valence-corrected chi connectivity index (χ2v) is 8.58. The van der Waals surface area contributed by atoms with Gasteiger partial charge >= 0.3 is 5.15 Å². The van der Waals surface area contributed by atoms with E-state index >= 15 is 0 Å². The van der Waals surface area contributed by atoms with Crippen molar-refractivity contribution in [1.29, 1.82) is 0 Å². The van der Waals surface area contributed by atoms with Gasteiger partial charge in [0.25, 0.3) is 5.52 Å². The number of hydrogen-bond acceptors (Lipinski definition) is 4. The topological polar surface area (TPSA) is 78.6 Å². The maximum Gasteiger partial charge on any atom is 0.325 e. The van der Waals surface area contributed by atoms with E-state index in [0.717, 1.165) is 16.4 Å². The van der Waals surface area contributed by atoms with Crippen molar-refractivity contribution >= 4 is 43.9 Å². The predicted octanol–water partition coefficient (Wildman–Crippen LogP) is 2.97. The Kier molecular flexibility index (Phi) is 5.08. The number of benzene rings is 2. The first kappa shape index (κ1) is 19.1. The third-order valence-corrected chi connectivity index (χ3v) is 5.63. The van der Waals surface area contributed by atoms with Crippen LogP contribution in [0.25, 0.3) is 10.9 Å². The second-order valence-electron chi connectivity index (χ2n) is 6.21. The van der Waals surface area contributed by atoms with E-state index in [1.54, 1.807) is 42.5 Å². The fourth-order valence-electron chi connectivity index (χ4n) is 2.90. The van der Waals surface area contributed by atoms with Crippen LogP contribution in [0, 0.1) is 0 Å². The number of hydrogen-bond donors (Lipinski definition) is 1. The largest absolute Gasteiger partial charge is 0.325 e. The zero-order valence-corrected chi connectivity index (χ0v) is 16.3. The summed E-state index contributed by atoms with van der Waals surface area (Å²) in [5, 5.41) is 11.1. The van der Waals surface area contributed by atoms with E-state index in [1.807, 2.05) is 6.07 Å². The summed E-state index contributed by atoms with van der Waals surface area (Å²) in [6, 6.07) is 15.0. The molecule has 0 unspecified atom stereocenters. The minimum Gasteiger partial charge on any atom is -0.307 e. The third-order valence-electron chi connectivity index (χ3n) is 4.20. The van der Waals surface area contributed by atoms with Gasteiger partial charge in [-0.05, 0) is 41.4 Å². The highest BCUT2D eigenvalue weighted by Crippen LogP contribution is 2.27. The molecule has 0 radical (unpaired) electrons. The fourth-order valence-corrected chi connectivity index (χ4v) is 3.94. The van der Waals surface area contributed by atoms with Gasteiger partial charge in [-0.2, -0.15) is 0 Å². The monoisotopic (exact) mass is 405 g/mol. The van der Waals surface area contributed by atoms with Gasteiger partial charge in [0.1, 0.15) is 0 Å². The number of nitrogens with zero attached hydrogens (tertiary/aromatic N) is 2. The van der Waals surface area contributed by atoms with Gasteiger partial charge in [0.15, 0.2) is 9.84 Å². The van der Waals surface area contributed by atoms with Crippen LogP contribution in [0.1, 0.15) is 12.5 Å². The number of sulfone groups is 1. The Balaban J connectivity index is 2.08. The average molecular weight is 406 g/mol. The van der Waals surface area contributed by atoms with Crippen LogP contribution in [0.2, 0.25) is 5.15 Å². The number of rotatable bonds is 4. The summed E-state index contributed by atoms with van der Waals surface area (Å²) in [4.78, 5) is 13.7. The lowest BCUT2D eigenvalue weighted by Gasteiger charge is -2.23. The molecule has 0 aliphatic rings. The van der Waals surface area contributed by atoms with Crippen molar-refractivity contribution in [2.45, 2.75) is 18.4 Å². The standard InChI is InChI=1S/C19H18ClN2O4S/c1-13(23)21(16-5-3-4-6-18(16)27(2,25)26)12-14-7-8-15-9-10-19(20)22(24)17(15)11-14/h3-11,24H,12H2,1-2H3/q+1. The molecule has 0 aliphatic heterocycles. The minimum atomic E-state index is -3.51. The normalized spacial score (nSPS) is 11.5. The minimum absolute atomic E-state index is 0.0845. The van der Waals surface area contributed by atoms with Crippen molar-refractivity contribution in [3.63, 3.8) is 0 Å². The molecule has 140 valence electrons. The van der Waals surface area contributed by atoms with Gasteiger partial charge in [-0.1, -0.05) is 18.2 Å². The summed E-state index contributed by atoms with van der Waals surface area (Å²) in [5.74, 6) is -0.297. The molecular formula is C19H18ClN2O4S+. The Morgan fingerprint density at radius 2 is 1.81 bits per heavy atom. The van der Waals surface area contributed by atoms with Crippen molar-refractivity contribution < 1.29 is 23.1 Å². The molecule has 1 N–H and O–H groups in total. The molecule has 0 saturated carbocycles. The SMILES string of the molecule is CC(=O)N(Cc1ccc2ccc(Cl)[n+](O)c2c1)c1ccccc1S(C)(=O)=O. The van der Waals surface area contributed by atoms with Gasteiger partial charge in [0, 0.05) is 30.0 Å². The molecule has 0 spiro atoms. The van der Waals surface area contributed by atoms with Gasteiger partial charge in [-0.25, -0.2) is 8.42 Å². The quantitative estimate of drug-likeness (QED) is 0.411. The molecule has 6 nitrogen and oxygen atoms in total. The molecule has 2 aromatic carbocycles. The molecule has 0 saturated heterocycles. The van der Waals surface area contributed by atoms with Gasteiger partial charge in [-0.15, -0.1) is 0 Å². The lowest BCUT2D eigenvalue weighted by Crippen LogP contribution is -2.33. The molecule has 0 atom stereocenters. The van der Waals surface area contributed by atoms with Crippen molar-refractivity contribution in [2.75, 3.05) is 11.2 Å². The van der Waals surface area contributed by atoms with Crippen LogP contribution in [-0.4, -0.2) is 25.8 Å². The Hall–Kier alpha value is -2.64. The van der Waals surface area contributed by atoms with E-state index in [1.165, 1.54) is 17.9 Å². The predicted molar refractivity (Wildman–Crippen MR) is 103 cm³/mol. The number of carbonyl (C=O) groups excluding carboxylic acids is 1. The highest BCUT2D eigenvalue weighted by molar-refractivity contribution is 7.90. The first-order valence-corrected chi connectivity index (χ1v) is 10.3. The number of pyridine rings is 1. The Labute approximate surface area is 162 Å². The zero-order chi connectivity index (χ0) is 19.8. The molecule has 1 heterocycles. The average Bonchev–Trinajstić information content (AvgIpc) is 2.62. The molecule has 3 rings (SSSR count). The van der Waals surface area contributed by atoms with E-state index in [4.69, 9.17) is 11.6 Å². The number of anilines is 1. The van der Waals surface area contributed by atoms with Crippen molar-refractivity contribution in [2.24, 2.45) is 0 Å². The van der Waals surface area contributed by atoms with Crippen LogP contribution >= 0.6 is 11.6 Å². The summed E-state index contributed by atoms with van der Waals surface area (Å²) in [6.07, 6.45) is 1.11. The molecule has 3 aromatic rings. The lowest BCUT2D eigenvalue weighted by atomic mass is 10.1. The van der Waals surface area contributed by atoms with Gasteiger partial charge in [0.05, 0.1) is 22.5 Å². The molecule has 0 aliphatic carbocycles. The van der Waals surface area contributed by atoms with Crippen LogP contribution in [0.15, 0.2) is 59.5 Å². The number of fused-ring (bicyclic) bond motifs is 1. The van der Waals surface area contributed by atoms with E-state index in [-0.39, 0.29) is 22.5 Å². The van der Waals surface area contributed by atoms with E-state index in [2.05, 4.69) is 0 Å². The Bertz CT molecular complexity index is 1150. The number of carbonyl (C=O) groups is 1. The van der Waals surface area contributed by atoms with Gasteiger partial charge in [0.2, 0.25) is 5.91 Å². The number of amides is 1. The Morgan fingerprint density at radius 1 is 1.15 bits per heavy atom. The zero-order valence-electron chi connectivity index (χ0n) is 14.8. The molecule has 0 bridgehead atoms. The van der Waals surface area contributed by atoms with Crippen LogP contribution < -0.4 is 9.63 Å². The molecular weight excluding hydrogens is 388 g/mol. The van der Waals surface area contributed by atoms with Gasteiger partial charge in [-0.3, -0.25) is 10.0 Å². The number of aromatic nitrogens is 1. The van der Waals surface area contributed by atoms with Gasteiger partial charge < -0.3 is 4.90 Å². The first-order chi connectivity index (χ1) is 12.7. The van der Waals surface area contributed by atoms with Crippen LogP contribution in [-0.2, 0) is 21.2 Å². The summed E-state index contributed by atoms with van der Waals surface area (Å²) >= 11 is 5.94. The van der Waals surface area contributed by atoms with Crippen molar-refractivity contribution in [3.8, 4) is 0 Å². The highest BCUT2D eigenvalue weighted by atomic mass is 35.5. The summed E-state index contributed by atoms with van der Waals surface area (Å²) < 4.78 is 25.1. The van der Waals surface area contributed by atoms with E-state index in [9.17, 15) is 18.4 Å². The molecule has 1 aromatic heterocycles.